The van der Waals surface area contributed by atoms with Gasteiger partial charge < -0.3 is 14.5 Å². The average Bonchev–Trinajstić information content (AvgIpc) is 2.88. The Morgan fingerprint density at radius 1 is 0.939 bits per heavy atom. The molecule has 1 aliphatic heterocycles. The molecule has 5 rings (SSSR count). The fourth-order valence-electron chi connectivity index (χ4n) is 3.90. The predicted octanol–water partition coefficient (Wildman–Crippen LogP) is 4.85. The van der Waals surface area contributed by atoms with E-state index < -0.39 is 5.82 Å². The van der Waals surface area contributed by atoms with Gasteiger partial charge in [0.2, 0.25) is 0 Å². The van der Waals surface area contributed by atoms with Crippen LogP contribution in [0.15, 0.2) is 84.1 Å². The van der Waals surface area contributed by atoms with Gasteiger partial charge in [-0.1, -0.05) is 18.2 Å². The molecule has 1 aliphatic rings. The molecule has 0 unspecified atom stereocenters. The van der Waals surface area contributed by atoms with Crippen molar-refractivity contribution in [1.29, 1.82) is 0 Å². The van der Waals surface area contributed by atoms with E-state index in [0.29, 0.717) is 24.3 Å². The number of nitrogens with one attached hydrogen (secondary N) is 1. The second-order valence-electron chi connectivity index (χ2n) is 7.71. The molecule has 0 bridgehead atoms. The summed E-state index contributed by atoms with van der Waals surface area (Å²) in [4.78, 5) is 26.3. The standard InChI is InChI=1S/C25H22FN5OS/c26-21-17-19(25(32)31-15-13-30(14-16-31)20-8-11-27-12-9-20)6-7-22(21)29-33-23-5-1-3-18-4-2-10-28-24(18)23/h1-12,17,29H,13-16H2. The lowest BCUT2D eigenvalue weighted by Crippen LogP contribution is -2.48. The highest BCUT2D eigenvalue weighted by atomic mass is 32.2. The maximum absolute atomic E-state index is 14.8. The van der Waals surface area contributed by atoms with E-state index in [9.17, 15) is 9.18 Å². The van der Waals surface area contributed by atoms with Gasteiger partial charge in [0.1, 0.15) is 5.82 Å². The summed E-state index contributed by atoms with van der Waals surface area (Å²) in [6, 6.07) is 18.3. The van der Waals surface area contributed by atoms with Crippen molar-refractivity contribution >= 4 is 40.1 Å². The SMILES string of the molecule is O=C(c1ccc(NSc2cccc3cccnc23)c(F)c1)N1CCN(c2ccncc2)CC1. The van der Waals surface area contributed by atoms with Gasteiger partial charge in [-0.25, -0.2) is 4.39 Å². The largest absolute Gasteiger partial charge is 0.368 e. The number of hydrogen-bond donors (Lipinski definition) is 1. The normalized spacial score (nSPS) is 13.8. The molecule has 0 atom stereocenters. The number of hydrogen-bond acceptors (Lipinski definition) is 6. The highest BCUT2D eigenvalue weighted by Gasteiger charge is 2.23. The minimum absolute atomic E-state index is 0.152. The number of nitrogens with zero attached hydrogens (tertiary/aromatic N) is 4. The summed E-state index contributed by atoms with van der Waals surface area (Å²) in [5.41, 5.74) is 2.63. The molecule has 3 heterocycles. The van der Waals surface area contributed by atoms with Crippen LogP contribution in [0.4, 0.5) is 15.8 Å². The van der Waals surface area contributed by atoms with Gasteiger partial charge >= 0.3 is 0 Å². The van der Waals surface area contributed by atoms with Crippen LogP contribution in [-0.4, -0.2) is 47.0 Å². The summed E-state index contributed by atoms with van der Waals surface area (Å²) in [7, 11) is 0. The summed E-state index contributed by atoms with van der Waals surface area (Å²) < 4.78 is 17.9. The van der Waals surface area contributed by atoms with Crippen LogP contribution in [0.3, 0.4) is 0 Å². The van der Waals surface area contributed by atoms with Gasteiger partial charge in [0.25, 0.3) is 5.91 Å². The van der Waals surface area contributed by atoms with E-state index in [0.717, 1.165) is 34.6 Å². The van der Waals surface area contributed by atoms with Crippen LogP contribution >= 0.6 is 11.9 Å². The van der Waals surface area contributed by atoms with E-state index in [1.165, 1.54) is 18.0 Å². The van der Waals surface area contributed by atoms with Crippen LogP contribution in [-0.2, 0) is 0 Å². The first kappa shape index (κ1) is 21.2. The van der Waals surface area contributed by atoms with Crippen LogP contribution in [0.5, 0.6) is 0 Å². The number of benzene rings is 2. The molecule has 166 valence electrons. The van der Waals surface area contributed by atoms with Gasteiger partial charge in [-0.3, -0.25) is 14.8 Å². The summed E-state index contributed by atoms with van der Waals surface area (Å²) in [6.07, 6.45) is 5.27. The zero-order valence-electron chi connectivity index (χ0n) is 17.8. The monoisotopic (exact) mass is 459 g/mol. The highest BCUT2D eigenvalue weighted by Crippen LogP contribution is 2.29. The molecule has 1 fully saturated rings. The first-order chi connectivity index (χ1) is 16.2. The molecule has 1 amide bonds. The molecule has 6 nitrogen and oxygen atoms in total. The maximum Gasteiger partial charge on any atom is 0.254 e. The van der Waals surface area contributed by atoms with Crippen LogP contribution in [0.1, 0.15) is 10.4 Å². The molecule has 4 aromatic rings. The maximum atomic E-state index is 14.8. The van der Waals surface area contributed by atoms with Crippen molar-refractivity contribution in [2.24, 2.45) is 0 Å². The summed E-state index contributed by atoms with van der Waals surface area (Å²) >= 11 is 1.30. The van der Waals surface area contributed by atoms with Crippen molar-refractivity contribution in [2.75, 3.05) is 35.8 Å². The molecule has 2 aromatic carbocycles. The van der Waals surface area contributed by atoms with Crippen LogP contribution < -0.4 is 9.62 Å². The van der Waals surface area contributed by atoms with Crippen LogP contribution in [0, 0.1) is 5.82 Å². The lowest BCUT2D eigenvalue weighted by atomic mass is 10.1. The van der Waals surface area contributed by atoms with Crippen LogP contribution in [0.2, 0.25) is 0 Å². The third-order valence-electron chi connectivity index (χ3n) is 5.68. The Morgan fingerprint density at radius 3 is 2.52 bits per heavy atom. The molecule has 8 heteroatoms. The molecule has 0 radical (unpaired) electrons. The number of rotatable bonds is 5. The van der Waals surface area contributed by atoms with Crippen molar-refractivity contribution < 1.29 is 9.18 Å². The Labute approximate surface area is 195 Å². The lowest BCUT2D eigenvalue weighted by Gasteiger charge is -2.36. The predicted molar refractivity (Wildman–Crippen MR) is 130 cm³/mol. The number of aromatic nitrogens is 2. The Morgan fingerprint density at radius 2 is 1.73 bits per heavy atom. The van der Waals surface area contributed by atoms with Gasteiger partial charge in [0.05, 0.1) is 16.1 Å². The Kier molecular flexibility index (Phi) is 6.08. The number of piperazine rings is 1. The fraction of sp³-hybridized carbons (Fsp3) is 0.160. The number of amides is 1. The molecular formula is C25H22FN5OS. The summed E-state index contributed by atoms with van der Waals surface area (Å²) in [5, 5.41) is 1.02. The molecular weight excluding hydrogens is 437 g/mol. The van der Waals surface area contributed by atoms with Gasteiger partial charge in [-0.15, -0.1) is 0 Å². The number of fused-ring (bicyclic) bond motifs is 1. The third kappa shape index (κ3) is 4.61. The molecule has 0 saturated carbocycles. The van der Waals surface area contributed by atoms with E-state index >= 15 is 0 Å². The number of halogens is 1. The number of carbonyl (C=O) groups excluding carboxylic acids is 1. The summed E-state index contributed by atoms with van der Waals surface area (Å²) in [5.74, 6) is -0.613. The van der Waals surface area contributed by atoms with Gasteiger partial charge in [0.15, 0.2) is 0 Å². The Hall–Kier alpha value is -3.65. The smallest absolute Gasteiger partial charge is 0.254 e. The van der Waals surface area contributed by atoms with E-state index in [-0.39, 0.29) is 5.91 Å². The van der Waals surface area contributed by atoms with E-state index in [1.54, 1.807) is 35.6 Å². The second-order valence-corrected chi connectivity index (χ2v) is 8.56. The van der Waals surface area contributed by atoms with E-state index in [2.05, 4.69) is 19.6 Å². The van der Waals surface area contributed by atoms with E-state index in [1.807, 2.05) is 42.5 Å². The minimum atomic E-state index is -0.461. The topological polar surface area (TPSA) is 61.4 Å². The summed E-state index contributed by atoms with van der Waals surface area (Å²) in [6.45, 7) is 2.64. The number of para-hydroxylation sites is 1. The molecule has 0 spiro atoms. The number of pyridine rings is 2. The zero-order chi connectivity index (χ0) is 22.6. The van der Waals surface area contributed by atoms with Crippen molar-refractivity contribution in [3.05, 3.63) is 90.6 Å². The molecule has 2 aromatic heterocycles. The van der Waals surface area contributed by atoms with Gasteiger partial charge in [0, 0.05) is 61.4 Å². The Balaban J connectivity index is 1.23. The molecule has 0 aliphatic carbocycles. The first-order valence-corrected chi connectivity index (χ1v) is 11.5. The zero-order valence-corrected chi connectivity index (χ0v) is 18.6. The lowest BCUT2D eigenvalue weighted by molar-refractivity contribution is 0.0746. The van der Waals surface area contributed by atoms with Gasteiger partial charge in [-0.2, -0.15) is 0 Å². The fourth-order valence-corrected chi connectivity index (χ4v) is 4.70. The quantitative estimate of drug-likeness (QED) is 0.431. The number of carbonyl (C=O) groups is 1. The second kappa shape index (κ2) is 9.46. The number of anilines is 2. The average molecular weight is 460 g/mol. The van der Waals surface area contributed by atoms with Gasteiger partial charge in [-0.05, 0) is 54.4 Å². The Bertz CT molecular complexity index is 1270. The molecule has 1 saturated heterocycles. The third-order valence-corrected chi connectivity index (χ3v) is 6.55. The van der Waals surface area contributed by atoms with Crippen molar-refractivity contribution in [2.45, 2.75) is 4.90 Å². The first-order valence-electron chi connectivity index (χ1n) is 10.7. The molecule has 33 heavy (non-hydrogen) atoms. The van der Waals surface area contributed by atoms with Crippen LogP contribution in [0.25, 0.3) is 10.9 Å². The minimum Gasteiger partial charge on any atom is -0.368 e. The van der Waals surface area contributed by atoms with Crippen molar-refractivity contribution in [1.82, 2.24) is 14.9 Å². The van der Waals surface area contributed by atoms with Crippen molar-refractivity contribution in [3.63, 3.8) is 0 Å². The highest BCUT2D eigenvalue weighted by molar-refractivity contribution is 8.00. The molecule has 1 N–H and O–H groups in total. The van der Waals surface area contributed by atoms with Crippen molar-refractivity contribution in [3.8, 4) is 0 Å². The van der Waals surface area contributed by atoms with E-state index in [4.69, 9.17) is 0 Å².